The number of hydrogen-bond acceptors (Lipinski definition) is 4. The van der Waals surface area contributed by atoms with E-state index in [1.54, 1.807) is 19.1 Å². The Morgan fingerprint density at radius 3 is 2.52 bits per heavy atom. The van der Waals surface area contributed by atoms with Gasteiger partial charge in [-0.15, -0.1) is 0 Å². The Morgan fingerprint density at radius 1 is 1.26 bits per heavy atom. The number of pyridine rings is 1. The Morgan fingerprint density at radius 2 is 1.91 bits per heavy atom. The minimum atomic E-state index is -0.609. The van der Waals surface area contributed by atoms with E-state index in [4.69, 9.17) is 0 Å². The summed E-state index contributed by atoms with van der Waals surface area (Å²) in [5.74, 6) is -1.05. The van der Waals surface area contributed by atoms with Crippen molar-refractivity contribution in [1.29, 1.82) is 0 Å². The Kier molecular flexibility index (Phi) is 5.01. The summed E-state index contributed by atoms with van der Waals surface area (Å²) in [7, 11) is 0. The summed E-state index contributed by atoms with van der Waals surface area (Å²) in [6, 6.07) is 6.13. The van der Waals surface area contributed by atoms with Crippen LogP contribution in [0.2, 0.25) is 0 Å². The highest BCUT2D eigenvalue weighted by molar-refractivity contribution is 6.01. The third-order valence-electron chi connectivity index (χ3n) is 3.66. The summed E-state index contributed by atoms with van der Waals surface area (Å²) >= 11 is 0. The van der Waals surface area contributed by atoms with Crippen LogP contribution in [0.4, 0.5) is 0 Å². The van der Waals surface area contributed by atoms with E-state index in [0.717, 1.165) is 0 Å². The number of carbonyl (C=O) groups is 1. The molecule has 0 aliphatic heterocycles. The van der Waals surface area contributed by atoms with E-state index in [-0.39, 0.29) is 17.1 Å². The second-order valence-electron chi connectivity index (χ2n) is 5.37. The predicted molar refractivity (Wildman–Crippen MR) is 88.8 cm³/mol. The predicted octanol–water partition coefficient (Wildman–Crippen LogP) is 3.24. The molecule has 23 heavy (non-hydrogen) atoms. The Labute approximate surface area is 133 Å². The highest BCUT2D eigenvalue weighted by Gasteiger charge is 2.23. The van der Waals surface area contributed by atoms with Crippen molar-refractivity contribution in [2.24, 2.45) is 5.92 Å². The molecule has 1 heterocycles. The molecule has 0 aliphatic carbocycles. The maximum Gasteiger partial charge on any atom is 0.262 e. The number of H-pyrrole nitrogens is 1. The summed E-state index contributed by atoms with van der Waals surface area (Å²) in [5.41, 5.74) is 0.0906. The van der Waals surface area contributed by atoms with Gasteiger partial charge in [-0.3, -0.25) is 9.59 Å². The Hall–Kier alpha value is -2.82. The van der Waals surface area contributed by atoms with E-state index in [1.807, 2.05) is 19.1 Å². The van der Waals surface area contributed by atoms with Crippen LogP contribution in [0.25, 0.3) is 11.1 Å². The second-order valence-corrected chi connectivity index (χ2v) is 5.37. The van der Waals surface area contributed by atoms with Crippen molar-refractivity contribution >= 4 is 5.78 Å². The number of phenols is 1. The van der Waals surface area contributed by atoms with E-state index in [1.165, 1.54) is 18.3 Å². The lowest BCUT2D eigenvalue weighted by Gasteiger charge is -2.12. The minimum Gasteiger partial charge on any atom is -0.508 e. The zero-order chi connectivity index (χ0) is 17.0. The molecule has 0 fully saturated rings. The molecule has 120 valence electrons. The number of aromatic hydroxyl groups is 2. The number of aromatic amines is 1. The molecule has 0 aliphatic rings. The molecule has 1 atom stereocenters. The monoisotopic (exact) mass is 313 g/mol. The van der Waals surface area contributed by atoms with Crippen LogP contribution in [0.15, 0.2) is 47.4 Å². The molecule has 1 unspecified atom stereocenters. The lowest BCUT2D eigenvalue weighted by atomic mass is 9.94. The van der Waals surface area contributed by atoms with Crippen LogP contribution in [0.1, 0.15) is 30.6 Å². The van der Waals surface area contributed by atoms with Gasteiger partial charge in [0.25, 0.3) is 5.56 Å². The van der Waals surface area contributed by atoms with Crippen molar-refractivity contribution in [3.05, 3.63) is 58.5 Å². The Balaban J connectivity index is 2.49. The molecule has 0 amide bonds. The maximum absolute atomic E-state index is 12.5. The third kappa shape index (κ3) is 3.51. The second kappa shape index (κ2) is 6.96. The zero-order valence-corrected chi connectivity index (χ0v) is 13.0. The van der Waals surface area contributed by atoms with E-state index < -0.39 is 17.3 Å². The molecule has 0 bridgehead atoms. The fourth-order valence-electron chi connectivity index (χ4n) is 2.30. The van der Waals surface area contributed by atoms with Crippen LogP contribution in [-0.2, 0) is 0 Å². The average molecular weight is 313 g/mol. The lowest BCUT2D eigenvalue weighted by Crippen LogP contribution is -2.22. The fraction of sp³-hybridized carbons (Fsp3) is 0.222. The standard InChI is InChI=1S/C18H19NO4/c1-3-4-5-11(2)16(21)15-17(22)14(10-19-18(15)23)12-6-8-13(20)9-7-12/h3-4,6-11,20H,5H2,1-2H3,(H2,19,22,23)/b4-3+. The summed E-state index contributed by atoms with van der Waals surface area (Å²) in [6.45, 7) is 3.57. The van der Waals surface area contributed by atoms with Crippen LogP contribution in [0.5, 0.6) is 11.5 Å². The summed E-state index contributed by atoms with van der Waals surface area (Å²) in [6.07, 6.45) is 5.54. The van der Waals surface area contributed by atoms with Crippen molar-refractivity contribution in [3.8, 4) is 22.6 Å². The number of allylic oxidation sites excluding steroid dienone is 2. The van der Waals surface area contributed by atoms with Crippen LogP contribution in [-0.4, -0.2) is 21.0 Å². The van der Waals surface area contributed by atoms with Crippen molar-refractivity contribution < 1.29 is 15.0 Å². The minimum absolute atomic E-state index is 0.0916. The number of aromatic nitrogens is 1. The van der Waals surface area contributed by atoms with Crippen LogP contribution >= 0.6 is 0 Å². The molecule has 5 heteroatoms. The van der Waals surface area contributed by atoms with Gasteiger partial charge in [-0.05, 0) is 31.0 Å². The van der Waals surface area contributed by atoms with E-state index in [9.17, 15) is 19.8 Å². The number of nitrogens with one attached hydrogen (secondary N) is 1. The average Bonchev–Trinajstić information content (AvgIpc) is 2.53. The van der Waals surface area contributed by atoms with Gasteiger partial charge < -0.3 is 15.2 Å². The molecule has 0 saturated carbocycles. The first-order valence-electron chi connectivity index (χ1n) is 7.35. The zero-order valence-electron chi connectivity index (χ0n) is 13.0. The van der Waals surface area contributed by atoms with E-state index in [2.05, 4.69) is 4.98 Å². The lowest BCUT2D eigenvalue weighted by molar-refractivity contribution is 0.0926. The van der Waals surface area contributed by atoms with Gasteiger partial charge in [-0.2, -0.15) is 0 Å². The quantitative estimate of drug-likeness (QED) is 0.584. The third-order valence-corrected chi connectivity index (χ3v) is 3.66. The largest absolute Gasteiger partial charge is 0.508 e. The molecule has 5 nitrogen and oxygen atoms in total. The molecular formula is C18H19NO4. The van der Waals surface area contributed by atoms with E-state index >= 15 is 0 Å². The van der Waals surface area contributed by atoms with Gasteiger partial charge in [0.2, 0.25) is 0 Å². The van der Waals surface area contributed by atoms with Gasteiger partial charge in [0.15, 0.2) is 5.78 Å². The molecular weight excluding hydrogens is 294 g/mol. The first-order valence-corrected chi connectivity index (χ1v) is 7.35. The summed E-state index contributed by atoms with van der Waals surface area (Å²) < 4.78 is 0. The number of Topliss-reactive ketones (excluding diaryl/α,β-unsaturated/α-hetero) is 1. The number of rotatable bonds is 5. The number of hydrogen-bond donors (Lipinski definition) is 3. The molecule has 0 spiro atoms. The Bertz CT molecular complexity index is 788. The molecule has 1 aromatic heterocycles. The molecule has 3 N–H and O–H groups in total. The normalized spacial score (nSPS) is 12.4. The smallest absolute Gasteiger partial charge is 0.262 e. The maximum atomic E-state index is 12.5. The van der Waals surface area contributed by atoms with Crippen LogP contribution < -0.4 is 5.56 Å². The van der Waals surface area contributed by atoms with Crippen molar-refractivity contribution in [2.75, 3.05) is 0 Å². The van der Waals surface area contributed by atoms with Crippen LogP contribution in [0.3, 0.4) is 0 Å². The van der Waals surface area contributed by atoms with E-state index in [0.29, 0.717) is 17.5 Å². The molecule has 0 radical (unpaired) electrons. The van der Waals surface area contributed by atoms with Gasteiger partial charge in [0, 0.05) is 17.7 Å². The van der Waals surface area contributed by atoms with Crippen molar-refractivity contribution in [2.45, 2.75) is 20.3 Å². The van der Waals surface area contributed by atoms with Gasteiger partial charge in [0.05, 0.1) is 0 Å². The molecule has 2 aromatic rings. The number of phenolic OH excluding ortho intramolecular Hbond substituents is 1. The summed E-state index contributed by atoms with van der Waals surface area (Å²) in [4.78, 5) is 27.0. The molecule has 0 saturated heterocycles. The topological polar surface area (TPSA) is 90.4 Å². The SMILES string of the molecule is C/C=C/CC(C)C(=O)c1c(O)c(-c2ccc(O)cc2)c[nH]c1=O. The van der Waals surface area contributed by atoms with Gasteiger partial charge in [-0.25, -0.2) is 0 Å². The molecule has 1 aromatic carbocycles. The number of benzene rings is 1. The highest BCUT2D eigenvalue weighted by Crippen LogP contribution is 2.32. The first-order chi connectivity index (χ1) is 11.0. The highest BCUT2D eigenvalue weighted by atomic mass is 16.3. The van der Waals surface area contributed by atoms with Gasteiger partial charge >= 0.3 is 0 Å². The van der Waals surface area contributed by atoms with Gasteiger partial charge in [0.1, 0.15) is 17.1 Å². The summed E-state index contributed by atoms with van der Waals surface area (Å²) in [5, 5.41) is 19.7. The fourth-order valence-corrected chi connectivity index (χ4v) is 2.30. The van der Waals surface area contributed by atoms with Gasteiger partial charge in [-0.1, -0.05) is 31.2 Å². The van der Waals surface area contributed by atoms with Crippen molar-refractivity contribution in [3.63, 3.8) is 0 Å². The molecule has 2 rings (SSSR count). The first kappa shape index (κ1) is 16.5. The van der Waals surface area contributed by atoms with Crippen molar-refractivity contribution in [1.82, 2.24) is 4.98 Å². The number of ketones is 1. The number of carbonyl (C=O) groups excluding carboxylic acids is 1. The van der Waals surface area contributed by atoms with Crippen LogP contribution in [0, 0.1) is 5.92 Å².